The van der Waals surface area contributed by atoms with Gasteiger partial charge in [-0.25, -0.2) is 0 Å². The van der Waals surface area contributed by atoms with E-state index in [1.807, 2.05) is 31.2 Å². The van der Waals surface area contributed by atoms with Crippen LogP contribution < -0.4 is 11.1 Å². The van der Waals surface area contributed by atoms with Gasteiger partial charge in [0.05, 0.1) is 5.92 Å². The predicted octanol–water partition coefficient (Wildman–Crippen LogP) is 1.60. The minimum absolute atomic E-state index is 0.0258. The number of carbonyl (C=O) groups excluding carboxylic acids is 1. The summed E-state index contributed by atoms with van der Waals surface area (Å²) in [7, 11) is 1.63. The topological polar surface area (TPSA) is 68.3 Å². The summed E-state index contributed by atoms with van der Waals surface area (Å²) in [4.78, 5) is 11.7. The molecule has 1 heterocycles. The molecule has 2 rings (SSSR count). The third-order valence-corrected chi connectivity index (χ3v) is 3.25. The summed E-state index contributed by atoms with van der Waals surface area (Å²) in [6, 6.07) is 7.86. The molecule has 0 fully saturated rings. The minimum atomic E-state index is -0.213. The van der Waals surface area contributed by atoms with E-state index in [1.165, 1.54) is 0 Å². The number of benzene rings is 1. The number of para-hydroxylation sites is 1. The maximum absolute atomic E-state index is 11.7. The van der Waals surface area contributed by atoms with Crippen LogP contribution in [-0.2, 0) is 11.2 Å². The van der Waals surface area contributed by atoms with Gasteiger partial charge in [0, 0.05) is 24.5 Å². The molecule has 0 saturated carbocycles. The first-order chi connectivity index (χ1) is 8.67. The van der Waals surface area contributed by atoms with Gasteiger partial charge in [0.2, 0.25) is 5.91 Å². The van der Waals surface area contributed by atoms with E-state index in [2.05, 4.69) is 5.32 Å². The average molecular weight is 246 g/mol. The standard InChI is InChI=1S/C14H18N2O2/c1-9-12(7-10(8-15)14(17)16-2)11-5-3-4-6-13(11)18-9/h3-6,10H,7-8,15H2,1-2H3,(H,16,17). The van der Waals surface area contributed by atoms with Crippen LogP contribution in [0.3, 0.4) is 0 Å². The SMILES string of the molecule is CNC(=O)C(CN)Cc1c(C)oc2ccccc12. The monoisotopic (exact) mass is 246 g/mol. The Labute approximate surface area is 106 Å². The van der Waals surface area contributed by atoms with E-state index in [-0.39, 0.29) is 11.8 Å². The smallest absolute Gasteiger partial charge is 0.224 e. The van der Waals surface area contributed by atoms with Crippen LogP contribution in [-0.4, -0.2) is 19.5 Å². The molecule has 4 nitrogen and oxygen atoms in total. The molecule has 4 heteroatoms. The van der Waals surface area contributed by atoms with E-state index in [4.69, 9.17) is 10.2 Å². The summed E-state index contributed by atoms with van der Waals surface area (Å²) in [6.07, 6.45) is 0.610. The lowest BCUT2D eigenvalue weighted by Gasteiger charge is -2.12. The minimum Gasteiger partial charge on any atom is -0.461 e. The second-order valence-corrected chi connectivity index (χ2v) is 4.38. The fourth-order valence-electron chi connectivity index (χ4n) is 2.21. The van der Waals surface area contributed by atoms with Crippen molar-refractivity contribution in [1.82, 2.24) is 5.32 Å². The Hall–Kier alpha value is -1.81. The summed E-state index contributed by atoms with van der Waals surface area (Å²) in [5, 5.41) is 3.71. The number of nitrogens with one attached hydrogen (secondary N) is 1. The Kier molecular flexibility index (Phi) is 3.67. The average Bonchev–Trinajstić information content (AvgIpc) is 2.71. The van der Waals surface area contributed by atoms with Gasteiger partial charge in [-0.05, 0) is 19.4 Å². The summed E-state index contributed by atoms with van der Waals surface area (Å²) in [6.45, 7) is 2.26. The number of nitrogens with two attached hydrogens (primary N) is 1. The van der Waals surface area contributed by atoms with Gasteiger partial charge in [-0.3, -0.25) is 4.79 Å². The fourth-order valence-corrected chi connectivity index (χ4v) is 2.21. The number of hydrogen-bond acceptors (Lipinski definition) is 3. The highest BCUT2D eigenvalue weighted by molar-refractivity contribution is 5.84. The second-order valence-electron chi connectivity index (χ2n) is 4.38. The molecule has 0 aliphatic heterocycles. The molecule has 1 amide bonds. The number of carbonyl (C=O) groups is 1. The first kappa shape index (κ1) is 12.6. The van der Waals surface area contributed by atoms with Crippen molar-refractivity contribution >= 4 is 16.9 Å². The van der Waals surface area contributed by atoms with Gasteiger partial charge in [0.1, 0.15) is 11.3 Å². The molecule has 0 aliphatic rings. The van der Waals surface area contributed by atoms with Gasteiger partial charge >= 0.3 is 0 Å². The molecule has 18 heavy (non-hydrogen) atoms. The van der Waals surface area contributed by atoms with E-state index in [0.717, 1.165) is 22.3 Å². The Morgan fingerprint density at radius 3 is 2.83 bits per heavy atom. The quantitative estimate of drug-likeness (QED) is 0.861. The summed E-state index contributed by atoms with van der Waals surface area (Å²) < 4.78 is 5.69. The summed E-state index contributed by atoms with van der Waals surface area (Å²) >= 11 is 0. The highest BCUT2D eigenvalue weighted by Crippen LogP contribution is 2.27. The molecule has 1 aromatic carbocycles. The van der Waals surface area contributed by atoms with Crippen LogP contribution in [0.25, 0.3) is 11.0 Å². The van der Waals surface area contributed by atoms with Crippen LogP contribution in [0.2, 0.25) is 0 Å². The first-order valence-corrected chi connectivity index (χ1v) is 6.06. The maximum atomic E-state index is 11.7. The largest absolute Gasteiger partial charge is 0.461 e. The van der Waals surface area contributed by atoms with Crippen LogP contribution in [0.4, 0.5) is 0 Å². The highest BCUT2D eigenvalue weighted by Gasteiger charge is 2.20. The van der Waals surface area contributed by atoms with Crippen LogP contribution in [0.5, 0.6) is 0 Å². The van der Waals surface area contributed by atoms with Crippen LogP contribution >= 0.6 is 0 Å². The molecule has 0 aliphatic carbocycles. The molecule has 2 aromatic rings. The lowest BCUT2D eigenvalue weighted by Crippen LogP contribution is -2.34. The zero-order valence-corrected chi connectivity index (χ0v) is 10.7. The predicted molar refractivity (Wildman–Crippen MR) is 71.3 cm³/mol. The Morgan fingerprint density at radius 2 is 2.17 bits per heavy atom. The zero-order chi connectivity index (χ0) is 13.1. The zero-order valence-electron chi connectivity index (χ0n) is 10.7. The van der Waals surface area contributed by atoms with Crippen LogP contribution in [0.15, 0.2) is 28.7 Å². The van der Waals surface area contributed by atoms with E-state index >= 15 is 0 Å². The second kappa shape index (κ2) is 5.23. The van der Waals surface area contributed by atoms with Crippen molar-refractivity contribution < 1.29 is 9.21 Å². The molecule has 0 spiro atoms. The molecule has 3 N–H and O–H groups in total. The molecule has 0 radical (unpaired) electrons. The van der Waals surface area contributed by atoms with Gasteiger partial charge in [0.15, 0.2) is 0 Å². The summed E-state index contributed by atoms with van der Waals surface area (Å²) in [5.74, 6) is 0.621. The van der Waals surface area contributed by atoms with Crippen molar-refractivity contribution in [2.45, 2.75) is 13.3 Å². The van der Waals surface area contributed by atoms with E-state index in [0.29, 0.717) is 13.0 Å². The molecular formula is C14H18N2O2. The Morgan fingerprint density at radius 1 is 1.44 bits per heavy atom. The first-order valence-electron chi connectivity index (χ1n) is 6.06. The molecule has 0 bridgehead atoms. The Bertz CT molecular complexity index is 560. The number of furan rings is 1. The van der Waals surface area contributed by atoms with Gasteiger partial charge in [0.25, 0.3) is 0 Å². The van der Waals surface area contributed by atoms with Gasteiger partial charge in [-0.15, -0.1) is 0 Å². The third kappa shape index (κ3) is 2.24. The molecule has 1 unspecified atom stereocenters. The number of fused-ring (bicyclic) bond motifs is 1. The van der Waals surface area contributed by atoms with Crippen molar-refractivity contribution in [3.63, 3.8) is 0 Å². The van der Waals surface area contributed by atoms with Crippen LogP contribution in [0.1, 0.15) is 11.3 Å². The third-order valence-electron chi connectivity index (χ3n) is 3.25. The fraction of sp³-hybridized carbons (Fsp3) is 0.357. The van der Waals surface area contributed by atoms with Gasteiger partial charge < -0.3 is 15.5 Å². The lowest BCUT2D eigenvalue weighted by molar-refractivity contribution is -0.124. The number of hydrogen-bond donors (Lipinski definition) is 2. The van der Waals surface area contributed by atoms with Crippen molar-refractivity contribution in [1.29, 1.82) is 0 Å². The van der Waals surface area contributed by atoms with Gasteiger partial charge in [-0.1, -0.05) is 18.2 Å². The van der Waals surface area contributed by atoms with Crippen molar-refractivity contribution in [3.05, 3.63) is 35.6 Å². The van der Waals surface area contributed by atoms with Crippen LogP contribution in [0, 0.1) is 12.8 Å². The van der Waals surface area contributed by atoms with Gasteiger partial charge in [-0.2, -0.15) is 0 Å². The summed E-state index contributed by atoms with van der Waals surface area (Å²) in [5.41, 5.74) is 7.60. The number of rotatable bonds is 4. The molecule has 1 atom stereocenters. The molecule has 96 valence electrons. The normalized spacial score (nSPS) is 12.6. The van der Waals surface area contributed by atoms with Crippen molar-refractivity contribution in [2.75, 3.05) is 13.6 Å². The van der Waals surface area contributed by atoms with Crippen molar-refractivity contribution in [3.8, 4) is 0 Å². The van der Waals surface area contributed by atoms with E-state index in [9.17, 15) is 4.79 Å². The van der Waals surface area contributed by atoms with Crippen molar-refractivity contribution in [2.24, 2.45) is 11.7 Å². The number of amides is 1. The highest BCUT2D eigenvalue weighted by atomic mass is 16.3. The molecule has 0 saturated heterocycles. The molecular weight excluding hydrogens is 228 g/mol. The van der Waals surface area contributed by atoms with E-state index in [1.54, 1.807) is 7.05 Å². The molecule has 1 aromatic heterocycles. The maximum Gasteiger partial charge on any atom is 0.224 e. The number of aryl methyl sites for hydroxylation is 1. The van der Waals surface area contributed by atoms with E-state index < -0.39 is 0 Å². The Balaban J connectivity index is 2.36. The lowest BCUT2D eigenvalue weighted by atomic mass is 9.96.